The molecule has 1 fully saturated rings. The van der Waals surface area contributed by atoms with Crippen LogP contribution in [0.1, 0.15) is 94.4 Å². The van der Waals surface area contributed by atoms with E-state index in [0.29, 0.717) is 23.7 Å². The highest BCUT2D eigenvalue weighted by Gasteiger charge is 2.43. The fourth-order valence-electron chi connectivity index (χ4n) is 4.61. The highest BCUT2D eigenvalue weighted by molar-refractivity contribution is 5.76. The lowest BCUT2D eigenvalue weighted by molar-refractivity contribution is -0.174. The van der Waals surface area contributed by atoms with Crippen LogP contribution in [0.2, 0.25) is 0 Å². The molecule has 0 aromatic rings. The zero-order chi connectivity index (χ0) is 18.7. The van der Waals surface area contributed by atoms with Crippen LogP contribution in [0.4, 0.5) is 0 Å². The molecule has 1 saturated carbocycles. The normalized spacial score (nSPS) is 28.0. The van der Waals surface area contributed by atoms with Crippen LogP contribution in [0.25, 0.3) is 0 Å². The van der Waals surface area contributed by atoms with E-state index in [4.69, 9.17) is 4.74 Å². The average molecular weight is 339 g/mol. The van der Waals surface area contributed by atoms with Crippen molar-refractivity contribution in [3.63, 3.8) is 0 Å². The number of rotatable bonds is 6. The molecule has 3 atom stereocenters. The Morgan fingerprint density at radius 2 is 1.46 bits per heavy atom. The van der Waals surface area contributed by atoms with Crippen LogP contribution < -0.4 is 0 Å². The number of esters is 1. The molecule has 24 heavy (non-hydrogen) atoms. The van der Waals surface area contributed by atoms with Gasteiger partial charge in [0.2, 0.25) is 0 Å². The maximum Gasteiger partial charge on any atom is 0.312 e. The average Bonchev–Trinajstić information content (AvgIpc) is 2.44. The van der Waals surface area contributed by atoms with Crippen molar-refractivity contribution >= 4 is 5.97 Å². The van der Waals surface area contributed by atoms with Crippen LogP contribution in [0.15, 0.2) is 0 Å². The summed E-state index contributed by atoms with van der Waals surface area (Å²) in [6.07, 6.45) is 5.47. The summed E-state index contributed by atoms with van der Waals surface area (Å²) in [6, 6.07) is 0. The second-order valence-electron chi connectivity index (χ2n) is 10.3. The second-order valence-corrected chi connectivity index (χ2v) is 10.3. The smallest absolute Gasteiger partial charge is 0.312 e. The third-order valence-corrected chi connectivity index (χ3v) is 6.07. The topological polar surface area (TPSA) is 26.3 Å². The van der Waals surface area contributed by atoms with Gasteiger partial charge in [-0.25, -0.2) is 0 Å². The SMILES string of the molecule is CCC(C)(CC(C)(C)C)C(=O)OC1C(C(C)C)CCCC1C(C)C. The Labute approximate surface area is 151 Å². The van der Waals surface area contributed by atoms with Crippen LogP contribution in [-0.2, 0) is 9.53 Å². The van der Waals surface area contributed by atoms with Crippen molar-refractivity contribution in [2.24, 2.45) is 34.5 Å². The van der Waals surface area contributed by atoms with Gasteiger partial charge in [0.05, 0.1) is 5.41 Å². The minimum absolute atomic E-state index is 0.0307. The van der Waals surface area contributed by atoms with Crippen LogP contribution in [0.3, 0.4) is 0 Å². The quantitative estimate of drug-likeness (QED) is 0.518. The van der Waals surface area contributed by atoms with Gasteiger partial charge >= 0.3 is 5.97 Å². The molecule has 2 nitrogen and oxygen atoms in total. The Morgan fingerprint density at radius 3 is 1.79 bits per heavy atom. The molecular weight excluding hydrogens is 296 g/mol. The van der Waals surface area contributed by atoms with Crippen molar-refractivity contribution in [1.29, 1.82) is 0 Å². The summed E-state index contributed by atoms with van der Waals surface area (Å²) in [5.74, 6) is 2.18. The molecule has 0 aliphatic heterocycles. The molecule has 0 N–H and O–H groups in total. The number of hydrogen-bond acceptors (Lipinski definition) is 2. The Hall–Kier alpha value is -0.530. The molecule has 2 heteroatoms. The van der Waals surface area contributed by atoms with Gasteiger partial charge in [-0.15, -0.1) is 0 Å². The molecule has 1 rings (SSSR count). The summed E-state index contributed by atoms with van der Waals surface area (Å²) in [5.41, 5.74) is -0.246. The molecule has 1 aliphatic carbocycles. The predicted octanol–water partition coefficient (Wildman–Crippen LogP) is 6.48. The summed E-state index contributed by atoms with van der Waals surface area (Å²) in [6.45, 7) is 20.0. The van der Waals surface area contributed by atoms with Gasteiger partial charge in [-0.05, 0) is 61.7 Å². The first kappa shape index (κ1) is 21.5. The largest absolute Gasteiger partial charge is 0.461 e. The van der Waals surface area contributed by atoms with E-state index in [9.17, 15) is 4.79 Å². The highest BCUT2D eigenvalue weighted by Crippen LogP contribution is 2.43. The number of carbonyl (C=O) groups is 1. The van der Waals surface area contributed by atoms with Crippen LogP contribution in [0.5, 0.6) is 0 Å². The fraction of sp³-hybridized carbons (Fsp3) is 0.955. The monoisotopic (exact) mass is 338 g/mol. The van der Waals surface area contributed by atoms with Gasteiger partial charge in [0.15, 0.2) is 0 Å². The number of hydrogen-bond donors (Lipinski definition) is 0. The molecule has 0 bridgehead atoms. The van der Waals surface area contributed by atoms with Crippen LogP contribution >= 0.6 is 0 Å². The fourth-order valence-corrected chi connectivity index (χ4v) is 4.61. The first-order valence-corrected chi connectivity index (χ1v) is 10.1. The molecule has 0 aromatic heterocycles. The maximum absolute atomic E-state index is 13.2. The van der Waals surface area contributed by atoms with Gasteiger partial charge in [0.25, 0.3) is 0 Å². The Kier molecular flexibility index (Phi) is 7.38. The lowest BCUT2D eigenvalue weighted by Gasteiger charge is -2.43. The summed E-state index contributed by atoms with van der Waals surface area (Å²) < 4.78 is 6.30. The molecule has 0 radical (unpaired) electrons. The maximum atomic E-state index is 13.2. The van der Waals surface area contributed by atoms with Crippen LogP contribution in [0, 0.1) is 34.5 Å². The molecule has 0 spiro atoms. The first-order chi connectivity index (χ1) is 10.9. The molecule has 0 saturated heterocycles. The Morgan fingerprint density at radius 1 is 1.00 bits per heavy atom. The Bertz CT molecular complexity index is 389. The molecule has 3 unspecified atom stereocenters. The van der Waals surface area contributed by atoms with Gasteiger partial charge in [-0.1, -0.05) is 61.8 Å². The van der Waals surface area contributed by atoms with E-state index in [2.05, 4.69) is 62.3 Å². The minimum atomic E-state index is -0.376. The highest BCUT2D eigenvalue weighted by atomic mass is 16.5. The van der Waals surface area contributed by atoms with E-state index in [0.717, 1.165) is 12.8 Å². The molecule has 142 valence electrons. The number of carbonyl (C=O) groups excluding carboxylic acids is 1. The first-order valence-electron chi connectivity index (χ1n) is 10.1. The van der Waals surface area contributed by atoms with E-state index >= 15 is 0 Å². The predicted molar refractivity (Wildman–Crippen MR) is 103 cm³/mol. The zero-order valence-electron chi connectivity index (χ0n) is 17.7. The molecule has 0 aromatic carbocycles. The lowest BCUT2D eigenvalue weighted by atomic mass is 9.69. The Balaban J connectivity index is 3.00. The third-order valence-electron chi connectivity index (χ3n) is 6.07. The van der Waals surface area contributed by atoms with Crippen molar-refractivity contribution < 1.29 is 9.53 Å². The van der Waals surface area contributed by atoms with E-state index in [1.807, 2.05) is 0 Å². The van der Waals surface area contributed by atoms with Crippen molar-refractivity contribution in [1.82, 2.24) is 0 Å². The molecular formula is C22H42O2. The van der Waals surface area contributed by atoms with Gasteiger partial charge in [-0.3, -0.25) is 4.79 Å². The summed E-state index contributed by atoms with van der Waals surface area (Å²) in [4.78, 5) is 13.2. The van der Waals surface area contributed by atoms with E-state index < -0.39 is 0 Å². The molecule has 0 amide bonds. The van der Waals surface area contributed by atoms with Gasteiger partial charge < -0.3 is 4.74 Å². The standard InChI is InChI=1S/C22H42O2/c1-10-22(9,14-21(6,7)8)20(23)24-19-17(15(2)3)12-11-13-18(19)16(4)5/h15-19H,10-14H2,1-9H3. The van der Waals surface area contributed by atoms with Crippen molar-refractivity contribution in [3.8, 4) is 0 Å². The van der Waals surface area contributed by atoms with Crippen LogP contribution in [-0.4, -0.2) is 12.1 Å². The van der Waals surface area contributed by atoms with Crippen molar-refractivity contribution in [2.75, 3.05) is 0 Å². The second kappa shape index (κ2) is 8.23. The van der Waals surface area contributed by atoms with Gasteiger partial charge in [-0.2, -0.15) is 0 Å². The van der Waals surface area contributed by atoms with Crippen molar-refractivity contribution in [3.05, 3.63) is 0 Å². The van der Waals surface area contributed by atoms with Gasteiger partial charge in [0, 0.05) is 0 Å². The summed E-state index contributed by atoms with van der Waals surface area (Å²) in [5, 5.41) is 0. The summed E-state index contributed by atoms with van der Waals surface area (Å²) >= 11 is 0. The molecule has 1 aliphatic rings. The summed E-state index contributed by atoms with van der Waals surface area (Å²) in [7, 11) is 0. The van der Waals surface area contributed by atoms with Gasteiger partial charge in [0.1, 0.15) is 6.10 Å². The van der Waals surface area contributed by atoms with E-state index in [1.54, 1.807) is 0 Å². The van der Waals surface area contributed by atoms with Crippen molar-refractivity contribution in [2.45, 2.75) is 101 Å². The molecule has 0 heterocycles. The third kappa shape index (κ3) is 5.49. The lowest BCUT2D eigenvalue weighted by Crippen LogP contribution is -2.45. The van der Waals surface area contributed by atoms with E-state index in [-0.39, 0.29) is 22.9 Å². The minimum Gasteiger partial charge on any atom is -0.461 e. The number of ether oxygens (including phenoxy) is 1. The zero-order valence-corrected chi connectivity index (χ0v) is 17.7. The van der Waals surface area contributed by atoms with E-state index in [1.165, 1.54) is 19.3 Å².